The molecule has 1 amide bonds. The Labute approximate surface area is 112 Å². The van der Waals surface area contributed by atoms with Gasteiger partial charge in [-0.25, -0.2) is 4.98 Å². The molecule has 0 unspecified atom stereocenters. The Balaban J connectivity index is 2.15. The number of carbonyl (C=O) groups is 1. The highest BCUT2D eigenvalue weighted by atomic mass is 16.1. The van der Waals surface area contributed by atoms with Gasteiger partial charge in [-0.15, -0.1) is 6.58 Å². The summed E-state index contributed by atoms with van der Waals surface area (Å²) in [6.45, 7) is 4.18. The van der Waals surface area contributed by atoms with Crippen LogP contribution in [0.25, 0.3) is 11.4 Å². The second-order valence-corrected chi connectivity index (χ2v) is 3.96. The number of amides is 1. The lowest BCUT2D eigenvalue weighted by molar-refractivity contribution is 0.0949. The number of carbonyl (C=O) groups excluding carboxylic acids is 1. The van der Waals surface area contributed by atoms with Crippen LogP contribution in [0.2, 0.25) is 0 Å². The van der Waals surface area contributed by atoms with Crippen molar-refractivity contribution in [2.75, 3.05) is 6.54 Å². The second kappa shape index (κ2) is 6.44. The van der Waals surface area contributed by atoms with Crippen molar-refractivity contribution < 1.29 is 4.79 Å². The van der Waals surface area contributed by atoms with Crippen LogP contribution >= 0.6 is 0 Å². The largest absolute Gasteiger partial charge is 0.350 e. The topological polar surface area (TPSA) is 54.9 Å². The van der Waals surface area contributed by atoms with Gasteiger partial charge in [0.2, 0.25) is 0 Å². The third-order valence-corrected chi connectivity index (χ3v) is 2.54. The van der Waals surface area contributed by atoms with E-state index in [1.54, 1.807) is 24.4 Å². The number of nitrogens with zero attached hydrogens (tertiary/aromatic N) is 2. The lowest BCUT2D eigenvalue weighted by Crippen LogP contribution is -2.25. The monoisotopic (exact) mass is 253 g/mol. The van der Waals surface area contributed by atoms with Crippen molar-refractivity contribution in [3.63, 3.8) is 0 Å². The molecule has 0 aliphatic carbocycles. The Morgan fingerprint density at radius 3 is 2.79 bits per heavy atom. The van der Waals surface area contributed by atoms with E-state index in [-0.39, 0.29) is 5.91 Å². The summed E-state index contributed by atoms with van der Waals surface area (Å²) in [5.41, 5.74) is 1.84. The second-order valence-electron chi connectivity index (χ2n) is 3.96. The third kappa shape index (κ3) is 3.48. The highest BCUT2D eigenvalue weighted by Crippen LogP contribution is 2.13. The number of hydrogen-bond acceptors (Lipinski definition) is 3. The van der Waals surface area contributed by atoms with Crippen LogP contribution in [-0.2, 0) is 0 Å². The van der Waals surface area contributed by atoms with Gasteiger partial charge in [-0.05, 0) is 30.7 Å². The highest BCUT2D eigenvalue weighted by Gasteiger charge is 2.08. The van der Waals surface area contributed by atoms with E-state index < -0.39 is 0 Å². The molecule has 4 nitrogen and oxygen atoms in total. The molecule has 19 heavy (non-hydrogen) atoms. The van der Waals surface area contributed by atoms with Crippen molar-refractivity contribution in [3.8, 4) is 11.4 Å². The van der Waals surface area contributed by atoms with E-state index in [1.165, 1.54) is 0 Å². The maximum absolute atomic E-state index is 11.9. The predicted molar refractivity (Wildman–Crippen MR) is 74.6 cm³/mol. The third-order valence-electron chi connectivity index (χ3n) is 2.54. The Bertz CT molecular complexity index is 567. The van der Waals surface area contributed by atoms with Gasteiger partial charge in [0.25, 0.3) is 5.91 Å². The lowest BCUT2D eigenvalue weighted by Gasteiger charge is -2.05. The van der Waals surface area contributed by atoms with E-state index >= 15 is 0 Å². The molecular formula is C15H15N3O. The summed E-state index contributed by atoms with van der Waals surface area (Å²) in [6, 6.07) is 10.9. The van der Waals surface area contributed by atoms with Gasteiger partial charge in [0.05, 0.1) is 11.4 Å². The van der Waals surface area contributed by atoms with Crippen LogP contribution in [0.4, 0.5) is 0 Å². The molecule has 0 fully saturated rings. The summed E-state index contributed by atoms with van der Waals surface area (Å²) in [6.07, 6.45) is 4.21. The van der Waals surface area contributed by atoms with Gasteiger partial charge in [-0.2, -0.15) is 0 Å². The first kappa shape index (κ1) is 13.0. The zero-order valence-electron chi connectivity index (χ0n) is 10.5. The Morgan fingerprint density at radius 1 is 1.21 bits per heavy atom. The van der Waals surface area contributed by atoms with Crippen molar-refractivity contribution >= 4 is 5.91 Å². The average molecular weight is 253 g/mol. The Kier molecular flexibility index (Phi) is 4.39. The van der Waals surface area contributed by atoms with Gasteiger partial charge in [0.15, 0.2) is 0 Å². The lowest BCUT2D eigenvalue weighted by atomic mass is 10.2. The van der Waals surface area contributed by atoms with Gasteiger partial charge in [-0.3, -0.25) is 9.78 Å². The molecule has 0 radical (unpaired) electrons. The highest BCUT2D eigenvalue weighted by molar-refractivity contribution is 5.92. The minimum absolute atomic E-state index is 0.181. The smallest absolute Gasteiger partial charge is 0.269 e. The van der Waals surface area contributed by atoms with Crippen molar-refractivity contribution in [3.05, 3.63) is 60.9 Å². The summed E-state index contributed by atoms with van der Waals surface area (Å²) in [7, 11) is 0. The van der Waals surface area contributed by atoms with Crippen LogP contribution in [0.15, 0.2) is 55.3 Å². The molecule has 96 valence electrons. The molecule has 0 aliphatic heterocycles. The molecule has 0 spiro atoms. The molecule has 0 aliphatic rings. The van der Waals surface area contributed by atoms with E-state index in [2.05, 4.69) is 21.9 Å². The average Bonchev–Trinajstić information content (AvgIpc) is 2.48. The minimum atomic E-state index is -0.181. The van der Waals surface area contributed by atoms with Crippen molar-refractivity contribution in [1.82, 2.24) is 15.3 Å². The summed E-state index contributed by atoms with van der Waals surface area (Å²) >= 11 is 0. The molecule has 0 atom stereocenters. The van der Waals surface area contributed by atoms with E-state index in [0.717, 1.165) is 12.1 Å². The Hall–Kier alpha value is -2.49. The molecule has 4 heteroatoms. The normalized spacial score (nSPS) is 9.89. The van der Waals surface area contributed by atoms with Crippen LogP contribution in [-0.4, -0.2) is 22.4 Å². The quantitative estimate of drug-likeness (QED) is 0.657. The zero-order valence-corrected chi connectivity index (χ0v) is 10.5. The first-order valence-corrected chi connectivity index (χ1v) is 6.09. The standard InChI is InChI=1S/C15H15N3O/c1-2-3-10-17-15(19)14-9-6-8-13(18-14)12-7-4-5-11-16-12/h2,4-9,11H,1,3,10H2,(H,17,19). The first-order chi connectivity index (χ1) is 9.31. The van der Waals surface area contributed by atoms with Gasteiger partial charge in [-0.1, -0.05) is 18.2 Å². The summed E-state index contributed by atoms with van der Waals surface area (Å²) < 4.78 is 0. The molecule has 0 saturated heterocycles. The maximum Gasteiger partial charge on any atom is 0.269 e. The summed E-state index contributed by atoms with van der Waals surface area (Å²) in [5.74, 6) is -0.181. The van der Waals surface area contributed by atoms with Crippen LogP contribution in [0.3, 0.4) is 0 Å². The fourth-order valence-electron chi connectivity index (χ4n) is 1.60. The van der Waals surface area contributed by atoms with E-state index in [4.69, 9.17) is 0 Å². The number of hydrogen-bond donors (Lipinski definition) is 1. The van der Waals surface area contributed by atoms with E-state index in [9.17, 15) is 4.79 Å². The molecule has 2 rings (SSSR count). The molecule has 1 N–H and O–H groups in total. The molecule has 2 aromatic rings. The first-order valence-electron chi connectivity index (χ1n) is 6.09. The van der Waals surface area contributed by atoms with E-state index in [1.807, 2.05) is 24.3 Å². The SMILES string of the molecule is C=CCCNC(=O)c1cccc(-c2ccccn2)n1. The predicted octanol–water partition coefficient (Wildman–Crippen LogP) is 2.45. The summed E-state index contributed by atoms with van der Waals surface area (Å²) in [5, 5.41) is 2.79. The molecule has 2 aromatic heterocycles. The molecule has 0 aromatic carbocycles. The van der Waals surface area contributed by atoms with Crippen LogP contribution in [0.1, 0.15) is 16.9 Å². The minimum Gasteiger partial charge on any atom is -0.350 e. The van der Waals surface area contributed by atoms with Gasteiger partial charge in [0.1, 0.15) is 5.69 Å². The number of pyridine rings is 2. The van der Waals surface area contributed by atoms with Crippen LogP contribution in [0.5, 0.6) is 0 Å². The zero-order chi connectivity index (χ0) is 13.5. The Morgan fingerprint density at radius 2 is 2.05 bits per heavy atom. The fraction of sp³-hybridized carbons (Fsp3) is 0.133. The molecule has 0 saturated carbocycles. The number of nitrogens with one attached hydrogen (secondary N) is 1. The van der Waals surface area contributed by atoms with Crippen molar-refractivity contribution in [2.24, 2.45) is 0 Å². The fourth-order valence-corrected chi connectivity index (χ4v) is 1.60. The van der Waals surface area contributed by atoms with Crippen LogP contribution in [0, 0.1) is 0 Å². The van der Waals surface area contributed by atoms with Crippen molar-refractivity contribution in [1.29, 1.82) is 0 Å². The number of rotatable bonds is 5. The molecule has 2 heterocycles. The van der Waals surface area contributed by atoms with Gasteiger partial charge in [0, 0.05) is 12.7 Å². The van der Waals surface area contributed by atoms with Crippen LogP contribution < -0.4 is 5.32 Å². The van der Waals surface area contributed by atoms with E-state index in [0.29, 0.717) is 17.9 Å². The molecule has 0 bridgehead atoms. The van der Waals surface area contributed by atoms with Crippen molar-refractivity contribution in [2.45, 2.75) is 6.42 Å². The molecular weight excluding hydrogens is 238 g/mol. The maximum atomic E-state index is 11.9. The number of aromatic nitrogens is 2. The van der Waals surface area contributed by atoms with Gasteiger partial charge < -0.3 is 5.32 Å². The summed E-state index contributed by atoms with van der Waals surface area (Å²) in [4.78, 5) is 20.4. The van der Waals surface area contributed by atoms with Gasteiger partial charge >= 0.3 is 0 Å².